The molecule has 3 nitrogen and oxygen atoms in total. The fourth-order valence-electron chi connectivity index (χ4n) is 3.17. The summed E-state index contributed by atoms with van der Waals surface area (Å²) in [7, 11) is 0. The molecule has 4 unspecified atom stereocenters. The second kappa shape index (κ2) is 5.27. The molecule has 2 fully saturated rings. The third-order valence-corrected chi connectivity index (χ3v) is 4.08. The van der Waals surface area contributed by atoms with Crippen LogP contribution in [-0.4, -0.2) is 23.3 Å². The van der Waals surface area contributed by atoms with E-state index in [0.717, 1.165) is 24.8 Å². The summed E-state index contributed by atoms with van der Waals surface area (Å²) in [6.45, 7) is 9.78. The Morgan fingerprint density at radius 1 is 1.61 bits per heavy atom. The van der Waals surface area contributed by atoms with Gasteiger partial charge in [0, 0.05) is 11.8 Å². The summed E-state index contributed by atoms with van der Waals surface area (Å²) in [5, 5.41) is 10.2. The Balaban J connectivity index is 2.09. The van der Waals surface area contributed by atoms with Gasteiger partial charge in [0.1, 0.15) is 6.10 Å². The minimum atomic E-state index is -0.535. The van der Waals surface area contributed by atoms with E-state index >= 15 is 0 Å². The molecule has 1 heterocycles. The monoisotopic (exact) mass is 250 g/mol. The highest BCUT2D eigenvalue weighted by Crippen LogP contribution is 2.41. The summed E-state index contributed by atoms with van der Waals surface area (Å²) in [6, 6.07) is 0. The second-order valence-corrected chi connectivity index (χ2v) is 5.71. The minimum Gasteiger partial charge on any atom is -0.461 e. The maximum absolute atomic E-state index is 11.5. The molecule has 1 saturated carbocycles. The molecular weight excluding hydrogens is 228 g/mol. The Bertz CT molecular complexity index is 372. The molecule has 3 heteroatoms. The first-order valence-corrected chi connectivity index (χ1v) is 6.68. The van der Waals surface area contributed by atoms with E-state index in [2.05, 4.69) is 13.2 Å². The summed E-state index contributed by atoms with van der Waals surface area (Å²) >= 11 is 0. The highest BCUT2D eigenvalue weighted by atomic mass is 16.6. The van der Waals surface area contributed by atoms with Crippen molar-refractivity contribution in [2.75, 3.05) is 0 Å². The smallest absolute Gasteiger partial charge is 0.306 e. The number of esters is 1. The first-order valence-electron chi connectivity index (χ1n) is 6.68. The molecule has 0 aromatic carbocycles. The number of aliphatic hydroxyl groups is 1. The lowest BCUT2D eigenvalue weighted by Gasteiger charge is -2.27. The van der Waals surface area contributed by atoms with Gasteiger partial charge in [0.15, 0.2) is 0 Å². The standard InChI is InChI=1S/C15H22O3/c1-9(2)7-13(16)12-8-14(17)18-15(12)11-6-4-5-10(11)3/h11-13,15-16H,1,3-8H2,2H3. The van der Waals surface area contributed by atoms with Crippen LogP contribution in [-0.2, 0) is 9.53 Å². The SMILES string of the molecule is C=C(C)CC(O)C1CC(=O)OC1C1CCCC1=C. The molecule has 0 aromatic rings. The van der Waals surface area contributed by atoms with Crippen molar-refractivity contribution in [3.05, 3.63) is 24.3 Å². The second-order valence-electron chi connectivity index (χ2n) is 5.71. The van der Waals surface area contributed by atoms with Crippen molar-refractivity contribution in [1.82, 2.24) is 0 Å². The zero-order valence-electron chi connectivity index (χ0n) is 11.0. The van der Waals surface area contributed by atoms with Crippen molar-refractivity contribution in [3.63, 3.8) is 0 Å². The Morgan fingerprint density at radius 3 is 2.89 bits per heavy atom. The third kappa shape index (κ3) is 2.66. The van der Waals surface area contributed by atoms with Crippen LogP contribution < -0.4 is 0 Å². The number of hydrogen-bond acceptors (Lipinski definition) is 3. The summed E-state index contributed by atoms with van der Waals surface area (Å²) in [5.41, 5.74) is 2.10. The molecule has 0 aromatic heterocycles. The Kier molecular flexibility index (Phi) is 3.91. The van der Waals surface area contributed by atoms with Gasteiger partial charge < -0.3 is 9.84 Å². The molecular formula is C15H22O3. The topological polar surface area (TPSA) is 46.5 Å². The fourth-order valence-corrected chi connectivity index (χ4v) is 3.17. The maximum atomic E-state index is 11.5. The zero-order valence-corrected chi connectivity index (χ0v) is 11.0. The quantitative estimate of drug-likeness (QED) is 0.616. The number of cyclic esters (lactones) is 1. The van der Waals surface area contributed by atoms with Crippen LogP contribution in [0.15, 0.2) is 24.3 Å². The van der Waals surface area contributed by atoms with Crippen LogP contribution in [0.25, 0.3) is 0 Å². The van der Waals surface area contributed by atoms with E-state index in [-0.39, 0.29) is 23.9 Å². The average Bonchev–Trinajstić information content (AvgIpc) is 2.83. The first-order chi connectivity index (χ1) is 8.49. The van der Waals surface area contributed by atoms with Gasteiger partial charge >= 0.3 is 5.97 Å². The zero-order chi connectivity index (χ0) is 13.3. The molecule has 18 heavy (non-hydrogen) atoms. The molecule has 1 saturated heterocycles. The van der Waals surface area contributed by atoms with Crippen molar-refractivity contribution in [2.24, 2.45) is 11.8 Å². The Hall–Kier alpha value is -1.09. The van der Waals surface area contributed by atoms with Crippen LogP contribution in [0.4, 0.5) is 0 Å². The van der Waals surface area contributed by atoms with Gasteiger partial charge in [-0.3, -0.25) is 4.79 Å². The number of aliphatic hydroxyl groups excluding tert-OH is 1. The van der Waals surface area contributed by atoms with E-state index in [1.54, 1.807) is 0 Å². The van der Waals surface area contributed by atoms with Gasteiger partial charge in [0.2, 0.25) is 0 Å². The summed E-state index contributed by atoms with van der Waals surface area (Å²) in [5.74, 6) is -0.0549. The highest BCUT2D eigenvalue weighted by Gasteiger charge is 2.45. The molecule has 0 radical (unpaired) electrons. The van der Waals surface area contributed by atoms with Crippen LogP contribution in [0.2, 0.25) is 0 Å². The van der Waals surface area contributed by atoms with Crippen LogP contribution in [0, 0.1) is 11.8 Å². The highest BCUT2D eigenvalue weighted by molar-refractivity contribution is 5.72. The lowest BCUT2D eigenvalue weighted by atomic mass is 9.82. The van der Waals surface area contributed by atoms with Crippen molar-refractivity contribution in [1.29, 1.82) is 0 Å². The molecule has 2 aliphatic rings. The minimum absolute atomic E-state index is 0.103. The number of ether oxygens (including phenoxy) is 1. The summed E-state index contributed by atoms with van der Waals surface area (Å²) < 4.78 is 5.44. The number of rotatable bonds is 4. The summed E-state index contributed by atoms with van der Waals surface area (Å²) in [4.78, 5) is 11.5. The number of hydrogen-bond donors (Lipinski definition) is 1. The third-order valence-electron chi connectivity index (χ3n) is 4.08. The molecule has 1 N–H and O–H groups in total. The normalized spacial score (nSPS) is 33.6. The van der Waals surface area contributed by atoms with Crippen LogP contribution in [0.5, 0.6) is 0 Å². The van der Waals surface area contributed by atoms with E-state index in [4.69, 9.17) is 4.74 Å². The number of carbonyl (C=O) groups excluding carboxylic acids is 1. The summed E-state index contributed by atoms with van der Waals surface area (Å²) in [6.07, 6.45) is 3.30. The van der Waals surface area contributed by atoms with Gasteiger partial charge in [-0.15, -0.1) is 6.58 Å². The molecule has 1 aliphatic heterocycles. The van der Waals surface area contributed by atoms with Crippen LogP contribution in [0.3, 0.4) is 0 Å². The van der Waals surface area contributed by atoms with Crippen LogP contribution in [0.1, 0.15) is 39.0 Å². The predicted molar refractivity (Wildman–Crippen MR) is 69.9 cm³/mol. The molecule has 1 aliphatic carbocycles. The van der Waals surface area contributed by atoms with Gasteiger partial charge in [-0.25, -0.2) is 0 Å². The van der Waals surface area contributed by atoms with E-state index in [9.17, 15) is 9.90 Å². The number of carbonyl (C=O) groups is 1. The van der Waals surface area contributed by atoms with Gasteiger partial charge in [-0.05, 0) is 32.6 Å². The van der Waals surface area contributed by atoms with E-state index in [1.165, 1.54) is 5.57 Å². The lowest BCUT2D eigenvalue weighted by Crippen LogP contribution is -2.33. The van der Waals surface area contributed by atoms with Gasteiger partial charge in [0.05, 0.1) is 12.5 Å². The fraction of sp³-hybridized carbons (Fsp3) is 0.667. The maximum Gasteiger partial charge on any atom is 0.306 e. The van der Waals surface area contributed by atoms with Crippen molar-refractivity contribution >= 4 is 5.97 Å². The Labute approximate surface area is 109 Å². The van der Waals surface area contributed by atoms with Crippen molar-refractivity contribution < 1.29 is 14.6 Å². The molecule has 100 valence electrons. The van der Waals surface area contributed by atoms with Gasteiger partial charge in [-0.1, -0.05) is 17.7 Å². The van der Waals surface area contributed by atoms with Crippen molar-refractivity contribution in [3.8, 4) is 0 Å². The molecule has 0 bridgehead atoms. The Morgan fingerprint density at radius 2 is 2.33 bits per heavy atom. The van der Waals surface area contributed by atoms with E-state index < -0.39 is 6.10 Å². The lowest BCUT2D eigenvalue weighted by molar-refractivity contribution is -0.143. The molecule has 0 amide bonds. The van der Waals surface area contributed by atoms with E-state index in [0.29, 0.717) is 12.8 Å². The molecule has 2 rings (SSSR count). The van der Waals surface area contributed by atoms with Gasteiger partial charge in [-0.2, -0.15) is 0 Å². The molecule has 4 atom stereocenters. The van der Waals surface area contributed by atoms with E-state index in [1.807, 2.05) is 6.92 Å². The largest absolute Gasteiger partial charge is 0.461 e. The molecule has 0 spiro atoms. The predicted octanol–water partition coefficient (Wildman–Crippen LogP) is 2.60. The van der Waals surface area contributed by atoms with Crippen molar-refractivity contribution in [2.45, 2.75) is 51.2 Å². The first kappa shape index (κ1) is 13.3. The van der Waals surface area contributed by atoms with Gasteiger partial charge in [0.25, 0.3) is 0 Å². The average molecular weight is 250 g/mol. The van der Waals surface area contributed by atoms with Crippen LogP contribution >= 0.6 is 0 Å².